The molecule has 5 nitrogen and oxygen atoms in total. The summed E-state index contributed by atoms with van der Waals surface area (Å²) in [4.78, 5) is 20.3. The van der Waals surface area contributed by atoms with Gasteiger partial charge in [-0.05, 0) is 25.1 Å². The van der Waals surface area contributed by atoms with Crippen LogP contribution in [0.1, 0.15) is 16.1 Å². The normalized spacial score (nSPS) is 11.4. The number of hydrogen-bond donors (Lipinski definition) is 1. The maximum Gasteiger partial charge on any atom is 0.280 e. The first-order chi connectivity index (χ1) is 11.1. The van der Waals surface area contributed by atoms with Gasteiger partial charge in [0.15, 0.2) is 0 Å². The number of hydrogen-bond acceptors (Lipinski definition) is 3. The molecule has 3 aromatic rings. The van der Waals surface area contributed by atoms with E-state index < -0.39 is 5.91 Å². The van der Waals surface area contributed by atoms with Crippen LogP contribution in [0.4, 0.5) is 0 Å². The van der Waals surface area contributed by atoms with Crippen LogP contribution in [-0.2, 0) is 0 Å². The van der Waals surface area contributed by atoms with Crippen molar-refractivity contribution < 1.29 is 10.0 Å². The third-order valence-corrected chi connectivity index (χ3v) is 3.33. The van der Waals surface area contributed by atoms with Crippen LogP contribution < -0.4 is 5.62 Å². The summed E-state index contributed by atoms with van der Waals surface area (Å²) in [7, 11) is 0. The first-order valence-electron chi connectivity index (χ1n) is 7.14. The molecule has 0 unspecified atom stereocenters. The number of nitrogens with zero attached hydrogens (tertiary/aromatic N) is 3. The van der Waals surface area contributed by atoms with Crippen molar-refractivity contribution in [2.45, 2.75) is 6.92 Å². The molecule has 5 heteroatoms. The molecule has 0 aliphatic carbocycles. The van der Waals surface area contributed by atoms with E-state index in [0.29, 0.717) is 17.0 Å². The van der Waals surface area contributed by atoms with Crippen LogP contribution in [0, 0.1) is 6.92 Å². The molecule has 0 radical (unpaired) electrons. The summed E-state index contributed by atoms with van der Waals surface area (Å²) in [6.07, 6.45) is 0. The summed E-state index contributed by atoms with van der Waals surface area (Å²) >= 11 is 0. The molecule has 114 valence electrons. The van der Waals surface area contributed by atoms with E-state index in [0.717, 1.165) is 10.3 Å². The fraction of sp³-hybridized carbons (Fsp3) is 0.0556. The molecule has 1 aromatic heterocycles. The lowest BCUT2D eigenvalue weighted by atomic mass is 10.1. The van der Waals surface area contributed by atoms with Crippen LogP contribution in [0.25, 0.3) is 11.3 Å². The van der Waals surface area contributed by atoms with Crippen molar-refractivity contribution in [3.05, 3.63) is 83.6 Å². The lowest BCUT2D eigenvalue weighted by Gasteiger charge is -2.08. The van der Waals surface area contributed by atoms with E-state index in [4.69, 9.17) is 0 Å². The number of carbonyl (C=O) groups is 1. The molecular formula is C18H15N3O2. The Morgan fingerprint density at radius 2 is 1.65 bits per heavy atom. The Hall–Kier alpha value is -3.21. The van der Waals surface area contributed by atoms with Crippen LogP contribution in [0.3, 0.4) is 0 Å². The maximum absolute atomic E-state index is 12.2. The summed E-state index contributed by atoms with van der Waals surface area (Å²) in [5.74, 6) is -0.453. The number of aryl methyl sites for hydroxylation is 1. The molecule has 2 aromatic carbocycles. The van der Waals surface area contributed by atoms with Crippen LogP contribution >= 0.6 is 0 Å². The first-order valence-corrected chi connectivity index (χ1v) is 7.14. The molecule has 0 aliphatic heterocycles. The van der Waals surface area contributed by atoms with Gasteiger partial charge in [0.1, 0.15) is 0 Å². The molecule has 1 heterocycles. The van der Waals surface area contributed by atoms with Gasteiger partial charge in [-0.3, -0.25) is 4.79 Å². The molecule has 0 spiro atoms. The van der Waals surface area contributed by atoms with Gasteiger partial charge in [-0.25, -0.2) is 4.98 Å². The van der Waals surface area contributed by atoms with Crippen LogP contribution in [0.2, 0.25) is 0 Å². The van der Waals surface area contributed by atoms with Crippen molar-refractivity contribution >= 4 is 5.91 Å². The number of benzene rings is 2. The number of aromatic nitrogens is 2. The van der Waals surface area contributed by atoms with Gasteiger partial charge in [-0.15, -0.1) is 4.73 Å². The number of carbonyl (C=O) groups excluding carboxylic acids is 1. The van der Waals surface area contributed by atoms with Gasteiger partial charge in [0.25, 0.3) is 11.5 Å². The lowest BCUT2D eigenvalue weighted by Crippen LogP contribution is -2.26. The van der Waals surface area contributed by atoms with Crippen molar-refractivity contribution in [3.8, 4) is 11.3 Å². The SMILES string of the molecule is Cc1cc(-c2ccccc2)n(O)c(=NC(=O)c2ccccc2)n1. The molecule has 0 saturated heterocycles. The predicted octanol–water partition coefficient (Wildman–Crippen LogP) is 2.84. The quantitative estimate of drug-likeness (QED) is 0.740. The zero-order valence-corrected chi connectivity index (χ0v) is 12.5. The van der Waals surface area contributed by atoms with E-state index in [1.54, 1.807) is 37.3 Å². The molecular weight excluding hydrogens is 290 g/mol. The van der Waals surface area contributed by atoms with Gasteiger partial charge < -0.3 is 5.21 Å². The van der Waals surface area contributed by atoms with Crippen molar-refractivity contribution in [3.63, 3.8) is 0 Å². The summed E-state index contributed by atoms with van der Waals surface area (Å²) in [6, 6.07) is 19.8. The van der Waals surface area contributed by atoms with Gasteiger partial charge >= 0.3 is 0 Å². The minimum Gasteiger partial charge on any atom is -0.425 e. The maximum atomic E-state index is 12.2. The highest BCUT2D eigenvalue weighted by atomic mass is 16.5. The Kier molecular flexibility index (Phi) is 4.01. The number of amides is 1. The molecule has 0 atom stereocenters. The molecule has 23 heavy (non-hydrogen) atoms. The van der Waals surface area contributed by atoms with E-state index in [-0.39, 0.29) is 5.62 Å². The number of rotatable bonds is 2. The predicted molar refractivity (Wildman–Crippen MR) is 85.9 cm³/mol. The fourth-order valence-electron chi connectivity index (χ4n) is 2.23. The Balaban J connectivity index is 2.12. The molecule has 0 aliphatic rings. The second-order valence-corrected chi connectivity index (χ2v) is 5.04. The highest BCUT2D eigenvalue weighted by molar-refractivity contribution is 5.94. The fourth-order valence-corrected chi connectivity index (χ4v) is 2.23. The summed E-state index contributed by atoms with van der Waals surface area (Å²) < 4.78 is 0.836. The van der Waals surface area contributed by atoms with E-state index >= 15 is 0 Å². The Morgan fingerprint density at radius 1 is 1.04 bits per heavy atom. The van der Waals surface area contributed by atoms with Crippen molar-refractivity contribution in [2.24, 2.45) is 4.99 Å². The molecule has 0 bridgehead atoms. The van der Waals surface area contributed by atoms with Gasteiger partial charge in [-0.2, -0.15) is 4.99 Å². The van der Waals surface area contributed by atoms with Crippen molar-refractivity contribution in [2.75, 3.05) is 0 Å². The monoisotopic (exact) mass is 305 g/mol. The molecule has 0 fully saturated rings. The second kappa shape index (κ2) is 6.27. The summed E-state index contributed by atoms with van der Waals surface area (Å²) in [6.45, 7) is 1.79. The average molecular weight is 305 g/mol. The zero-order chi connectivity index (χ0) is 16.2. The molecule has 3 rings (SSSR count). The highest BCUT2D eigenvalue weighted by Crippen LogP contribution is 2.16. The van der Waals surface area contributed by atoms with Crippen LogP contribution in [-0.4, -0.2) is 20.8 Å². The smallest absolute Gasteiger partial charge is 0.280 e. The average Bonchev–Trinajstić information content (AvgIpc) is 2.59. The minimum atomic E-state index is -0.453. The van der Waals surface area contributed by atoms with E-state index in [2.05, 4.69) is 9.98 Å². The standard InChI is InChI=1S/C18H15N3O2/c1-13-12-16(14-8-4-2-5-9-14)21(23)18(19-13)20-17(22)15-10-6-3-7-11-15/h2-12,23H,1H3. The summed E-state index contributed by atoms with van der Waals surface area (Å²) in [5.41, 5.74) is 2.39. The Morgan fingerprint density at radius 3 is 2.30 bits per heavy atom. The van der Waals surface area contributed by atoms with E-state index in [1.165, 1.54) is 0 Å². The lowest BCUT2D eigenvalue weighted by molar-refractivity contribution is 0.0986. The van der Waals surface area contributed by atoms with Gasteiger partial charge in [0.2, 0.25) is 0 Å². The van der Waals surface area contributed by atoms with Crippen LogP contribution in [0.5, 0.6) is 0 Å². The third-order valence-electron chi connectivity index (χ3n) is 3.33. The van der Waals surface area contributed by atoms with Crippen molar-refractivity contribution in [1.82, 2.24) is 9.71 Å². The molecule has 0 saturated carbocycles. The largest absolute Gasteiger partial charge is 0.425 e. The van der Waals surface area contributed by atoms with E-state index in [9.17, 15) is 10.0 Å². The van der Waals surface area contributed by atoms with Gasteiger partial charge in [0.05, 0.1) is 5.69 Å². The highest BCUT2D eigenvalue weighted by Gasteiger charge is 2.09. The second-order valence-electron chi connectivity index (χ2n) is 5.04. The Labute approximate surface area is 133 Å². The van der Waals surface area contributed by atoms with Crippen molar-refractivity contribution in [1.29, 1.82) is 0 Å². The zero-order valence-electron chi connectivity index (χ0n) is 12.5. The topological polar surface area (TPSA) is 67.5 Å². The van der Waals surface area contributed by atoms with E-state index in [1.807, 2.05) is 36.4 Å². The molecule has 1 N–H and O–H groups in total. The van der Waals surface area contributed by atoms with Gasteiger partial charge in [0, 0.05) is 16.8 Å². The molecule has 1 amide bonds. The third kappa shape index (κ3) is 3.18. The van der Waals surface area contributed by atoms with Crippen LogP contribution in [0.15, 0.2) is 71.7 Å². The van der Waals surface area contributed by atoms with Gasteiger partial charge in [-0.1, -0.05) is 48.5 Å². The summed E-state index contributed by atoms with van der Waals surface area (Å²) in [5, 5.41) is 10.4. The minimum absolute atomic E-state index is 0.0438. The first kappa shape index (κ1) is 14.7. The Bertz CT molecular complexity index is 901.